The van der Waals surface area contributed by atoms with Crippen LogP contribution in [0.15, 0.2) is 41.6 Å². The SMILES string of the molecule is C/C=C/COc1cc(C)c(OCc2ccc(C=NOC)nn2)c(C)c1.CC. The minimum atomic E-state index is 0.342. The molecule has 0 spiro atoms. The first kappa shape index (κ1) is 22.2. The number of nitrogens with zero attached hydrogens (tertiary/aromatic N) is 3. The molecule has 0 bridgehead atoms. The number of hydrogen-bond donors (Lipinski definition) is 0. The van der Waals surface area contributed by atoms with Gasteiger partial charge in [-0.1, -0.05) is 31.2 Å². The molecular weight excluding hydrogens is 342 g/mol. The zero-order valence-corrected chi connectivity index (χ0v) is 17.0. The topological polar surface area (TPSA) is 65.8 Å². The van der Waals surface area contributed by atoms with Crippen molar-refractivity contribution in [3.8, 4) is 11.5 Å². The van der Waals surface area contributed by atoms with E-state index in [1.54, 1.807) is 0 Å². The molecule has 2 aromatic rings. The van der Waals surface area contributed by atoms with Crippen LogP contribution in [-0.2, 0) is 11.4 Å². The quantitative estimate of drug-likeness (QED) is 0.384. The molecule has 0 atom stereocenters. The summed E-state index contributed by atoms with van der Waals surface area (Å²) in [5, 5.41) is 11.8. The van der Waals surface area contributed by atoms with Crippen LogP contribution in [0.1, 0.15) is 43.3 Å². The molecule has 0 aliphatic carbocycles. The molecule has 1 aromatic heterocycles. The van der Waals surface area contributed by atoms with Crippen molar-refractivity contribution in [2.24, 2.45) is 5.16 Å². The Morgan fingerprint density at radius 1 is 1.04 bits per heavy atom. The van der Waals surface area contributed by atoms with Gasteiger partial charge >= 0.3 is 0 Å². The lowest BCUT2D eigenvalue weighted by atomic mass is 10.1. The molecule has 0 amide bonds. The highest BCUT2D eigenvalue weighted by molar-refractivity contribution is 5.75. The molecule has 27 heavy (non-hydrogen) atoms. The van der Waals surface area contributed by atoms with Crippen LogP contribution < -0.4 is 9.47 Å². The summed E-state index contributed by atoms with van der Waals surface area (Å²) in [4.78, 5) is 4.61. The first-order valence-electron chi connectivity index (χ1n) is 9.01. The fraction of sp³-hybridized carbons (Fsp3) is 0.381. The molecule has 0 radical (unpaired) electrons. The van der Waals surface area contributed by atoms with Crippen LogP contribution in [0.5, 0.6) is 11.5 Å². The number of oxime groups is 1. The second-order valence-electron chi connectivity index (χ2n) is 5.42. The monoisotopic (exact) mass is 371 g/mol. The lowest BCUT2D eigenvalue weighted by molar-refractivity contribution is 0.215. The van der Waals surface area contributed by atoms with Crippen LogP contribution in [-0.4, -0.2) is 30.1 Å². The van der Waals surface area contributed by atoms with E-state index < -0.39 is 0 Å². The maximum atomic E-state index is 5.92. The van der Waals surface area contributed by atoms with Gasteiger partial charge in [-0.2, -0.15) is 5.10 Å². The van der Waals surface area contributed by atoms with E-state index in [1.165, 1.54) is 13.3 Å². The highest BCUT2D eigenvalue weighted by atomic mass is 16.6. The summed E-state index contributed by atoms with van der Waals surface area (Å²) in [6, 6.07) is 7.61. The van der Waals surface area contributed by atoms with Crippen molar-refractivity contribution in [1.29, 1.82) is 0 Å². The van der Waals surface area contributed by atoms with Gasteiger partial charge in [0.2, 0.25) is 0 Å². The number of aryl methyl sites for hydroxylation is 2. The Morgan fingerprint density at radius 2 is 1.74 bits per heavy atom. The zero-order chi connectivity index (χ0) is 20.1. The van der Waals surface area contributed by atoms with Gasteiger partial charge in [-0.05, 0) is 56.2 Å². The second kappa shape index (κ2) is 12.5. The maximum absolute atomic E-state index is 5.92. The van der Waals surface area contributed by atoms with Gasteiger partial charge in [0.05, 0.1) is 6.21 Å². The Balaban J connectivity index is 0.00000176. The first-order chi connectivity index (χ1) is 13.1. The Labute approximate surface area is 161 Å². The third kappa shape index (κ3) is 7.48. The fourth-order valence-electron chi connectivity index (χ4n) is 2.23. The Bertz CT molecular complexity index is 718. The molecule has 0 aliphatic heterocycles. The van der Waals surface area contributed by atoms with Gasteiger partial charge in [-0.15, -0.1) is 5.10 Å². The van der Waals surface area contributed by atoms with Crippen LogP contribution >= 0.6 is 0 Å². The summed E-state index contributed by atoms with van der Waals surface area (Å²) in [6.07, 6.45) is 5.43. The number of ether oxygens (including phenoxy) is 2. The normalized spacial score (nSPS) is 10.6. The lowest BCUT2D eigenvalue weighted by Crippen LogP contribution is -2.04. The van der Waals surface area contributed by atoms with Crippen LogP contribution in [0.25, 0.3) is 0 Å². The van der Waals surface area contributed by atoms with E-state index in [-0.39, 0.29) is 0 Å². The average molecular weight is 371 g/mol. The van der Waals surface area contributed by atoms with E-state index in [0.717, 1.165) is 28.3 Å². The molecule has 6 nitrogen and oxygen atoms in total. The highest BCUT2D eigenvalue weighted by Gasteiger charge is 2.08. The minimum Gasteiger partial charge on any atom is -0.490 e. The number of rotatable bonds is 8. The summed E-state index contributed by atoms with van der Waals surface area (Å²) < 4.78 is 11.6. The van der Waals surface area contributed by atoms with Crippen LogP contribution in [0.4, 0.5) is 0 Å². The van der Waals surface area contributed by atoms with Gasteiger partial charge in [0.25, 0.3) is 0 Å². The summed E-state index contributed by atoms with van der Waals surface area (Å²) >= 11 is 0. The van der Waals surface area contributed by atoms with Crippen molar-refractivity contribution < 1.29 is 14.3 Å². The average Bonchev–Trinajstić information content (AvgIpc) is 2.68. The van der Waals surface area contributed by atoms with Gasteiger partial charge in [0.15, 0.2) is 0 Å². The smallest absolute Gasteiger partial charge is 0.132 e. The second-order valence-corrected chi connectivity index (χ2v) is 5.42. The molecule has 0 N–H and O–H groups in total. The zero-order valence-electron chi connectivity index (χ0n) is 17.0. The minimum absolute atomic E-state index is 0.342. The van der Waals surface area contributed by atoms with Crippen LogP contribution in [0.3, 0.4) is 0 Å². The van der Waals surface area contributed by atoms with Crippen molar-refractivity contribution in [3.63, 3.8) is 0 Å². The van der Waals surface area contributed by atoms with Crippen molar-refractivity contribution in [3.05, 3.63) is 58.9 Å². The highest BCUT2D eigenvalue weighted by Crippen LogP contribution is 2.29. The molecule has 0 fully saturated rings. The van der Waals surface area contributed by atoms with E-state index in [1.807, 2.05) is 71.0 Å². The van der Waals surface area contributed by atoms with E-state index in [4.69, 9.17) is 9.47 Å². The summed E-state index contributed by atoms with van der Waals surface area (Å²) in [5.41, 5.74) is 3.40. The van der Waals surface area contributed by atoms with Crippen LogP contribution in [0, 0.1) is 13.8 Å². The molecule has 2 rings (SSSR count). The molecule has 6 heteroatoms. The van der Waals surface area contributed by atoms with E-state index in [2.05, 4.69) is 20.2 Å². The molecule has 0 saturated heterocycles. The summed E-state index contributed by atoms with van der Waals surface area (Å²) in [7, 11) is 1.48. The van der Waals surface area contributed by atoms with E-state index >= 15 is 0 Å². The van der Waals surface area contributed by atoms with Gasteiger partial charge < -0.3 is 14.3 Å². The van der Waals surface area contributed by atoms with Crippen molar-refractivity contribution >= 4 is 6.21 Å². The van der Waals surface area contributed by atoms with Gasteiger partial charge in [0, 0.05) is 0 Å². The van der Waals surface area contributed by atoms with E-state index in [0.29, 0.717) is 18.9 Å². The van der Waals surface area contributed by atoms with Crippen LogP contribution in [0.2, 0.25) is 0 Å². The van der Waals surface area contributed by atoms with Crippen molar-refractivity contribution in [2.75, 3.05) is 13.7 Å². The third-order valence-electron chi connectivity index (χ3n) is 3.41. The van der Waals surface area contributed by atoms with Gasteiger partial charge in [-0.25, -0.2) is 0 Å². The predicted molar refractivity (Wildman–Crippen MR) is 109 cm³/mol. The molecule has 0 saturated carbocycles. The number of benzene rings is 1. The molecule has 1 heterocycles. The molecule has 0 unspecified atom stereocenters. The Morgan fingerprint density at radius 3 is 2.30 bits per heavy atom. The Hall–Kier alpha value is -2.89. The lowest BCUT2D eigenvalue weighted by Gasteiger charge is -2.14. The predicted octanol–water partition coefficient (Wildman–Crippen LogP) is 4.63. The Kier molecular flexibility index (Phi) is 10.2. The largest absolute Gasteiger partial charge is 0.490 e. The summed E-state index contributed by atoms with van der Waals surface area (Å²) in [5.74, 6) is 1.67. The molecule has 0 aliphatic rings. The third-order valence-corrected chi connectivity index (χ3v) is 3.41. The molecule has 146 valence electrons. The number of hydrogen-bond acceptors (Lipinski definition) is 6. The fourth-order valence-corrected chi connectivity index (χ4v) is 2.23. The van der Waals surface area contributed by atoms with Gasteiger partial charge in [-0.3, -0.25) is 0 Å². The molecular formula is C21H29N3O3. The van der Waals surface area contributed by atoms with Gasteiger partial charge in [0.1, 0.15) is 43.2 Å². The summed E-state index contributed by atoms with van der Waals surface area (Å²) in [6.45, 7) is 10.9. The van der Waals surface area contributed by atoms with Crippen molar-refractivity contribution in [1.82, 2.24) is 10.2 Å². The maximum Gasteiger partial charge on any atom is 0.132 e. The van der Waals surface area contributed by atoms with Crippen molar-refractivity contribution in [2.45, 2.75) is 41.2 Å². The molecule has 1 aromatic carbocycles. The standard InChI is InChI=1S/C19H23N3O3.C2H6/c1-5-6-9-24-18-10-14(2)19(15(3)11-18)25-13-17-8-7-16(21-22-17)12-20-23-4;1-2/h5-8,10-12H,9,13H2,1-4H3;1-2H3/b6-5+,20-12?;. The number of aromatic nitrogens is 2. The van der Waals surface area contributed by atoms with E-state index in [9.17, 15) is 0 Å². The first-order valence-corrected chi connectivity index (χ1v) is 9.01. The number of allylic oxidation sites excluding steroid dienone is 1.